The van der Waals surface area contributed by atoms with Crippen molar-refractivity contribution >= 4 is 23.4 Å². The Balaban J connectivity index is 1.09. The molecule has 5 aliphatic rings. The lowest BCUT2D eigenvalue weighted by Crippen LogP contribution is -2.82. The first-order valence-corrected chi connectivity index (χ1v) is 15.5. The lowest BCUT2D eigenvalue weighted by molar-refractivity contribution is -0.642. The number of nitrogens with two attached hydrogens (primary N) is 1. The molecule has 1 amide bonds. The van der Waals surface area contributed by atoms with E-state index in [-0.39, 0.29) is 35.9 Å². The van der Waals surface area contributed by atoms with Crippen LogP contribution in [0.2, 0.25) is 0 Å². The molecule has 4 N–H and O–H groups in total. The zero-order chi connectivity index (χ0) is 28.5. The Kier molecular flexibility index (Phi) is 8.56. The molecule has 0 bridgehead atoms. The molecular formula is C31H48N3O6+. The van der Waals surface area contributed by atoms with E-state index in [0.717, 1.165) is 71.2 Å². The first-order valence-electron chi connectivity index (χ1n) is 15.5. The van der Waals surface area contributed by atoms with E-state index in [4.69, 9.17) is 4.74 Å². The van der Waals surface area contributed by atoms with Gasteiger partial charge in [-0.05, 0) is 80.6 Å². The van der Waals surface area contributed by atoms with Crippen molar-refractivity contribution in [3.8, 4) is 0 Å². The van der Waals surface area contributed by atoms with Crippen LogP contribution in [0.15, 0.2) is 11.6 Å². The van der Waals surface area contributed by atoms with Crippen molar-refractivity contribution in [2.45, 2.75) is 90.1 Å². The number of amides is 1. The summed E-state index contributed by atoms with van der Waals surface area (Å²) in [6, 6.07) is 0. The van der Waals surface area contributed by atoms with Crippen molar-refractivity contribution in [3.63, 3.8) is 0 Å². The number of Topliss-reactive ketones (excluding diaryl/α,β-unsaturated/α-hetero) is 1. The van der Waals surface area contributed by atoms with Crippen LogP contribution in [-0.2, 0) is 23.9 Å². The number of esters is 1. The Hall–Kier alpha value is -2.10. The van der Waals surface area contributed by atoms with E-state index in [1.54, 1.807) is 0 Å². The average Bonchev–Trinajstić information content (AvgIpc) is 3.55. The van der Waals surface area contributed by atoms with Gasteiger partial charge in [0.15, 0.2) is 12.4 Å². The Bertz CT molecular complexity index is 1050. The van der Waals surface area contributed by atoms with Crippen molar-refractivity contribution in [1.29, 1.82) is 0 Å². The van der Waals surface area contributed by atoms with Gasteiger partial charge >= 0.3 is 5.97 Å². The standard InChI is InChI=1S/C31H47N3O6/c1-29-11-8-22(35)18-21(29)4-5-23-24(29)9-12-30(2)25(23)10-13-31(30,39)26(36)19-40-28(38)7-6-27(37)33-14-3-16-34-17-15-32-20-34/h18,23-25,32,39H,3-17,19-20H2,1-2H3,(H,33,37)/p+1/t23-,24+,25+,29-,30+,31-/m0/s1. The third-order valence-corrected chi connectivity index (χ3v) is 11.5. The Morgan fingerprint density at radius 3 is 2.67 bits per heavy atom. The highest BCUT2D eigenvalue weighted by atomic mass is 16.5. The number of hydrogen-bond acceptors (Lipinski definition) is 7. The molecule has 9 nitrogen and oxygen atoms in total. The molecule has 0 unspecified atom stereocenters. The van der Waals surface area contributed by atoms with Crippen LogP contribution in [0.25, 0.3) is 0 Å². The quantitative estimate of drug-likeness (QED) is 0.274. The summed E-state index contributed by atoms with van der Waals surface area (Å²) in [7, 11) is 0. The fourth-order valence-corrected chi connectivity index (χ4v) is 9.05. The molecule has 4 fully saturated rings. The van der Waals surface area contributed by atoms with E-state index in [9.17, 15) is 24.3 Å². The van der Waals surface area contributed by atoms with Crippen molar-refractivity contribution in [2.24, 2.45) is 28.6 Å². The first kappa shape index (κ1) is 29.4. The van der Waals surface area contributed by atoms with Crippen molar-refractivity contribution in [1.82, 2.24) is 10.2 Å². The number of ketones is 2. The lowest BCUT2D eigenvalue weighted by atomic mass is 9.46. The van der Waals surface area contributed by atoms with Crippen molar-refractivity contribution in [2.75, 3.05) is 39.5 Å². The largest absolute Gasteiger partial charge is 0.458 e. The molecule has 222 valence electrons. The second-order valence-electron chi connectivity index (χ2n) is 13.5. The van der Waals surface area contributed by atoms with Gasteiger partial charge in [-0.2, -0.15) is 0 Å². The molecule has 0 aromatic rings. The summed E-state index contributed by atoms with van der Waals surface area (Å²) in [5, 5.41) is 16.9. The monoisotopic (exact) mass is 558 g/mol. The minimum absolute atomic E-state index is 0.0262. The van der Waals surface area contributed by atoms with Gasteiger partial charge in [-0.15, -0.1) is 0 Å². The topological polar surface area (TPSA) is 130 Å². The highest BCUT2D eigenvalue weighted by Crippen LogP contribution is 2.67. The van der Waals surface area contributed by atoms with E-state index in [2.05, 4.69) is 29.4 Å². The highest BCUT2D eigenvalue weighted by molar-refractivity contribution is 5.92. The minimum Gasteiger partial charge on any atom is -0.458 e. The number of carbonyl (C=O) groups is 4. The van der Waals surface area contributed by atoms with Crippen LogP contribution in [0.3, 0.4) is 0 Å². The summed E-state index contributed by atoms with van der Waals surface area (Å²) < 4.78 is 5.28. The van der Waals surface area contributed by atoms with Gasteiger partial charge in [-0.1, -0.05) is 19.4 Å². The van der Waals surface area contributed by atoms with E-state index in [0.29, 0.717) is 31.2 Å². The average molecular weight is 559 g/mol. The molecular weight excluding hydrogens is 510 g/mol. The van der Waals surface area contributed by atoms with E-state index in [1.807, 2.05) is 6.08 Å². The summed E-state index contributed by atoms with van der Waals surface area (Å²) in [5.41, 5.74) is -0.712. The van der Waals surface area contributed by atoms with Gasteiger partial charge in [0.2, 0.25) is 11.7 Å². The van der Waals surface area contributed by atoms with Gasteiger partial charge in [0.25, 0.3) is 0 Å². The molecule has 0 spiro atoms. The minimum atomic E-state index is -1.51. The van der Waals surface area contributed by atoms with Crippen LogP contribution in [-0.4, -0.2) is 78.5 Å². The van der Waals surface area contributed by atoms with Crippen LogP contribution >= 0.6 is 0 Å². The Morgan fingerprint density at radius 1 is 1.10 bits per heavy atom. The van der Waals surface area contributed by atoms with E-state index < -0.39 is 29.4 Å². The molecule has 0 radical (unpaired) electrons. The number of fused-ring (bicyclic) bond motifs is 5. The van der Waals surface area contributed by atoms with Gasteiger partial charge in [0, 0.05) is 31.3 Å². The number of nitrogens with one attached hydrogen (secondary N) is 1. The fourth-order valence-electron chi connectivity index (χ4n) is 9.05. The lowest BCUT2D eigenvalue weighted by Gasteiger charge is -2.58. The van der Waals surface area contributed by atoms with Gasteiger partial charge in [0.05, 0.1) is 19.5 Å². The molecule has 0 aromatic heterocycles. The van der Waals surface area contributed by atoms with E-state index >= 15 is 0 Å². The number of aliphatic hydroxyl groups is 1. The number of allylic oxidation sites excluding steroid dienone is 1. The number of rotatable bonds is 10. The number of nitrogens with zero attached hydrogens (tertiary/aromatic N) is 1. The van der Waals surface area contributed by atoms with Crippen LogP contribution in [0.5, 0.6) is 0 Å². The maximum atomic E-state index is 13.4. The molecule has 1 saturated heterocycles. The Morgan fingerprint density at radius 2 is 1.90 bits per heavy atom. The number of carbonyl (C=O) groups excluding carboxylic acids is 4. The van der Waals surface area contributed by atoms with Crippen molar-refractivity contribution in [3.05, 3.63) is 11.6 Å². The van der Waals surface area contributed by atoms with Gasteiger partial charge in [-0.25, -0.2) is 0 Å². The summed E-state index contributed by atoms with van der Waals surface area (Å²) in [6.07, 6.45) is 9.00. The smallest absolute Gasteiger partial charge is 0.306 e. The molecule has 1 heterocycles. The van der Waals surface area contributed by atoms with Gasteiger partial charge in [0.1, 0.15) is 12.3 Å². The molecule has 6 atom stereocenters. The number of hydrogen-bond donors (Lipinski definition) is 3. The maximum Gasteiger partial charge on any atom is 0.306 e. The summed E-state index contributed by atoms with van der Waals surface area (Å²) >= 11 is 0. The second kappa shape index (κ2) is 11.6. The van der Waals surface area contributed by atoms with Crippen LogP contribution in [0.1, 0.15) is 84.5 Å². The molecule has 4 aliphatic carbocycles. The predicted molar refractivity (Wildman–Crippen MR) is 148 cm³/mol. The SMILES string of the molecule is C[C@]12CCC(=O)C=C1CC[C@H]1[C@H]2CC[C@]2(C)[C@@H]1CC[C@]2(O)C(=O)COC(=O)CCC(=O)NCCCN1CC[NH2+]C1. The number of quaternary nitrogens is 1. The second-order valence-corrected chi connectivity index (χ2v) is 13.5. The third-order valence-electron chi connectivity index (χ3n) is 11.5. The predicted octanol–water partition coefficient (Wildman–Crippen LogP) is 1.48. The van der Waals surface area contributed by atoms with E-state index in [1.165, 1.54) is 5.57 Å². The van der Waals surface area contributed by atoms with Crippen molar-refractivity contribution < 1.29 is 34.3 Å². The molecule has 1 aliphatic heterocycles. The van der Waals surface area contributed by atoms with Gasteiger partial charge < -0.3 is 20.5 Å². The highest BCUT2D eigenvalue weighted by Gasteiger charge is 2.66. The number of ether oxygens (including phenoxy) is 1. The zero-order valence-corrected chi connectivity index (χ0v) is 24.3. The molecule has 3 saturated carbocycles. The maximum absolute atomic E-state index is 13.4. The molecule has 9 heteroatoms. The van der Waals surface area contributed by atoms with Crippen LogP contribution < -0.4 is 10.6 Å². The summed E-state index contributed by atoms with van der Waals surface area (Å²) in [5.74, 6) is 0.172. The van der Waals surface area contributed by atoms with Crippen LogP contribution in [0.4, 0.5) is 0 Å². The fraction of sp³-hybridized carbons (Fsp3) is 0.806. The Labute approximate surface area is 237 Å². The normalized spacial score (nSPS) is 37.2. The first-order chi connectivity index (χ1) is 19.1. The summed E-state index contributed by atoms with van der Waals surface area (Å²) in [4.78, 5) is 52.3. The molecule has 5 rings (SSSR count). The zero-order valence-electron chi connectivity index (χ0n) is 24.3. The van der Waals surface area contributed by atoms with Gasteiger partial charge in [-0.3, -0.25) is 24.1 Å². The summed E-state index contributed by atoms with van der Waals surface area (Å²) in [6.45, 7) is 8.67. The third kappa shape index (κ3) is 5.41. The van der Waals surface area contributed by atoms with Crippen LogP contribution in [0, 0.1) is 28.6 Å². The molecule has 0 aromatic carbocycles. The molecule has 40 heavy (non-hydrogen) atoms.